The Morgan fingerprint density at radius 2 is 1.79 bits per heavy atom. The first-order chi connectivity index (χ1) is 13.4. The maximum absolute atomic E-state index is 12.1. The number of hydrogen-bond donors (Lipinski definition) is 1. The lowest BCUT2D eigenvalue weighted by molar-refractivity contribution is -0.121. The minimum atomic E-state index is -3.43. The maximum atomic E-state index is 12.1. The van der Waals surface area contributed by atoms with Gasteiger partial charge in [-0.2, -0.15) is 0 Å². The Hall–Kier alpha value is -2.19. The molecule has 0 heterocycles. The van der Waals surface area contributed by atoms with Crippen LogP contribution in [0.1, 0.15) is 12.8 Å². The molecular formula is C20H26N2O4S2. The second kappa shape index (κ2) is 11.0. The van der Waals surface area contributed by atoms with Gasteiger partial charge < -0.3 is 10.1 Å². The van der Waals surface area contributed by atoms with Crippen LogP contribution in [-0.4, -0.2) is 46.5 Å². The van der Waals surface area contributed by atoms with Crippen molar-refractivity contribution in [3.05, 3.63) is 54.6 Å². The Morgan fingerprint density at radius 3 is 2.39 bits per heavy atom. The summed E-state index contributed by atoms with van der Waals surface area (Å²) >= 11 is 1.68. The van der Waals surface area contributed by atoms with Crippen LogP contribution in [0.4, 0.5) is 5.69 Å². The molecule has 2 aromatic carbocycles. The third-order valence-electron chi connectivity index (χ3n) is 3.96. The number of ether oxygens (including phenoxy) is 1. The average Bonchev–Trinajstić information content (AvgIpc) is 2.68. The standard InChI is InChI=1S/C20H26N2O4S2/c1-26-18-12-10-17(11-13-18)22(28(2,24)25)15-6-9-20(23)21-14-16-27-19-7-4-3-5-8-19/h3-5,7-8,10-13H,6,9,14-16H2,1-2H3,(H,21,23). The highest BCUT2D eigenvalue weighted by molar-refractivity contribution is 7.99. The molecule has 2 aromatic rings. The fourth-order valence-electron chi connectivity index (χ4n) is 2.58. The second-order valence-corrected chi connectivity index (χ2v) is 9.22. The van der Waals surface area contributed by atoms with Crippen molar-refractivity contribution < 1.29 is 17.9 Å². The molecule has 28 heavy (non-hydrogen) atoms. The molecule has 0 fully saturated rings. The van der Waals surface area contributed by atoms with Crippen molar-refractivity contribution in [3.8, 4) is 5.75 Å². The highest BCUT2D eigenvalue weighted by Crippen LogP contribution is 2.22. The van der Waals surface area contributed by atoms with Crippen LogP contribution in [0.3, 0.4) is 0 Å². The molecule has 0 unspecified atom stereocenters. The number of nitrogens with one attached hydrogen (secondary N) is 1. The second-order valence-electron chi connectivity index (χ2n) is 6.15. The Bertz CT molecular complexity index is 840. The first-order valence-electron chi connectivity index (χ1n) is 8.96. The summed E-state index contributed by atoms with van der Waals surface area (Å²) in [7, 11) is -1.87. The molecule has 0 bridgehead atoms. The summed E-state index contributed by atoms with van der Waals surface area (Å²) in [5.74, 6) is 1.37. The molecule has 8 heteroatoms. The molecule has 0 saturated carbocycles. The van der Waals surface area contributed by atoms with E-state index >= 15 is 0 Å². The number of rotatable bonds is 11. The molecule has 6 nitrogen and oxygen atoms in total. The monoisotopic (exact) mass is 422 g/mol. The van der Waals surface area contributed by atoms with Crippen LogP contribution in [0, 0.1) is 0 Å². The summed E-state index contributed by atoms with van der Waals surface area (Å²) in [6.45, 7) is 0.823. The van der Waals surface area contributed by atoms with Crippen LogP contribution < -0.4 is 14.4 Å². The number of nitrogens with zero attached hydrogens (tertiary/aromatic N) is 1. The van der Waals surface area contributed by atoms with E-state index in [0.717, 1.165) is 12.0 Å². The van der Waals surface area contributed by atoms with E-state index in [1.165, 1.54) is 9.20 Å². The largest absolute Gasteiger partial charge is 0.497 e. The van der Waals surface area contributed by atoms with E-state index in [4.69, 9.17) is 4.74 Å². The predicted molar refractivity (Wildman–Crippen MR) is 115 cm³/mol. The number of benzene rings is 2. The Labute approximate surface area is 171 Å². The number of methoxy groups -OCH3 is 1. The molecule has 2 rings (SSSR count). The van der Waals surface area contributed by atoms with Crippen LogP contribution >= 0.6 is 11.8 Å². The summed E-state index contributed by atoms with van der Waals surface area (Å²) in [5, 5.41) is 2.88. The van der Waals surface area contributed by atoms with Crippen LogP contribution in [0.25, 0.3) is 0 Å². The topological polar surface area (TPSA) is 75.7 Å². The van der Waals surface area contributed by atoms with Crippen molar-refractivity contribution in [2.24, 2.45) is 0 Å². The zero-order chi connectivity index (χ0) is 20.4. The summed E-state index contributed by atoms with van der Waals surface area (Å²) < 4.78 is 30.6. The van der Waals surface area contributed by atoms with E-state index in [2.05, 4.69) is 5.32 Å². The number of carbonyl (C=O) groups excluding carboxylic acids is 1. The number of thioether (sulfide) groups is 1. The molecule has 1 N–H and O–H groups in total. The van der Waals surface area contributed by atoms with Crippen molar-refractivity contribution in [2.45, 2.75) is 17.7 Å². The van der Waals surface area contributed by atoms with Crippen molar-refractivity contribution >= 4 is 33.4 Å². The molecule has 0 aromatic heterocycles. The summed E-state index contributed by atoms with van der Waals surface area (Å²) in [6.07, 6.45) is 1.88. The van der Waals surface area contributed by atoms with Crippen LogP contribution in [0.15, 0.2) is 59.5 Å². The van der Waals surface area contributed by atoms with Gasteiger partial charge in [0.25, 0.3) is 0 Å². The lowest BCUT2D eigenvalue weighted by Crippen LogP contribution is -2.32. The predicted octanol–water partition coefficient (Wildman–Crippen LogP) is 3.15. The minimum Gasteiger partial charge on any atom is -0.497 e. The number of sulfonamides is 1. The summed E-state index contributed by atoms with van der Waals surface area (Å²) in [4.78, 5) is 13.2. The lowest BCUT2D eigenvalue weighted by atomic mass is 10.2. The first-order valence-corrected chi connectivity index (χ1v) is 11.8. The normalized spacial score (nSPS) is 11.1. The van der Waals surface area contributed by atoms with E-state index in [0.29, 0.717) is 24.4 Å². The van der Waals surface area contributed by atoms with Gasteiger partial charge in [0, 0.05) is 30.2 Å². The van der Waals surface area contributed by atoms with Crippen molar-refractivity contribution in [3.63, 3.8) is 0 Å². The Morgan fingerprint density at radius 1 is 1.11 bits per heavy atom. The van der Waals surface area contributed by atoms with Gasteiger partial charge in [-0.15, -0.1) is 11.8 Å². The van der Waals surface area contributed by atoms with Gasteiger partial charge in [-0.3, -0.25) is 9.10 Å². The molecular weight excluding hydrogens is 396 g/mol. The number of hydrogen-bond acceptors (Lipinski definition) is 5. The van der Waals surface area contributed by atoms with E-state index < -0.39 is 10.0 Å². The quantitative estimate of drug-likeness (QED) is 0.445. The van der Waals surface area contributed by atoms with E-state index in [9.17, 15) is 13.2 Å². The fourth-order valence-corrected chi connectivity index (χ4v) is 4.34. The van der Waals surface area contributed by atoms with Crippen LogP contribution in [0.5, 0.6) is 5.75 Å². The van der Waals surface area contributed by atoms with Crippen LogP contribution in [0.2, 0.25) is 0 Å². The Balaban J connectivity index is 1.75. The number of carbonyl (C=O) groups is 1. The average molecular weight is 423 g/mol. The van der Waals surface area contributed by atoms with Crippen molar-refractivity contribution in [1.82, 2.24) is 5.32 Å². The van der Waals surface area contributed by atoms with Crippen molar-refractivity contribution in [2.75, 3.05) is 36.5 Å². The van der Waals surface area contributed by atoms with Gasteiger partial charge in [-0.25, -0.2) is 8.42 Å². The zero-order valence-electron chi connectivity index (χ0n) is 16.1. The van der Waals surface area contributed by atoms with Gasteiger partial charge in [0.1, 0.15) is 5.75 Å². The molecule has 0 aliphatic heterocycles. The van der Waals surface area contributed by atoms with Gasteiger partial charge in [-0.05, 0) is 42.8 Å². The molecule has 0 radical (unpaired) electrons. The third kappa shape index (κ3) is 7.44. The molecule has 0 atom stereocenters. The smallest absolute Gasteiger partial charge is 0.232 e. The number of anilines is 1. The number of amides is 1. The van der Waals surface area contributed by atoms with E-state index in [1.807, 2.05) is 30.3 Å². The van der Waals surface area contributed by atoms with E-state index in [-0.39, 0.29) is 18.9 Å². The molecule has 0 saturated heterocycles. The Kier molecular flexibility index (Phi) is 8.66. The minimum absolute atomic E-state index is 0.0724. The first kappa shape index (κ1) is 22.1. The van der Waals surface area contributed by atoms with Crippen molar-refractivity contribution in [1.29, 1.82) is 0 Å². The van der Waals surface area contributed by atoms with Gasteiger partial charge >= 0.3 is 0 Å². The third-order valence-corrected chi connectivity index (χ3v) is 6.17. The molecule has 1 amide bonds. The molecule has 0 spiro atoms. The van der Waals surface area contributed by atoms with Gasteiger partial charge in [0.15, 0.2) is 0 Å². The zero-order valence-corrected chi connectivity index (χ0v) is 17.8. The lowest BCUT2D eigenvalue weighted by Gasteiger charge is -2.22. The highest BCUT2D eigenvalue weighted by atomic mass is 32.2. The molecule has 0 aliphatic carbocycles. The summed E-state index contributed by atoms with van der Waals surface area (Å²) in [5.41, 5.74) is 0.558. The van der Waals surface area contributed by atoms with Gasteiger partial charge in [0.2, 0.25) is 15.9 Å². The summed E-state index contributed by atoms with van der Waals surface area (Å²) in [6, 6.07) is 16.8. The van der Waals surface area contributed by atoms with Crippen LogP contribution in [-0.2, 0) is 14.8 Å². The maximum Gasteiger partial charge on any atom is 0.232 e. The van der Waals surface area contributed by atoms with Gasteiger partial charge in [-0.1, -0.05) is 18.2 Å². The SMILES string of the molecule is COc1ccc(N(CCCC(=O)NCCSc2ccccc2)S(C)(=O)=O)cc1. The molecule has 0 aliphatic rings. The highest BCUT2D eigenvalue weighted by Gasteiger charge is 2.17. The molecule has 152 valence electrons. The van der Waals surface area contributed by atoms with E-state index in [1.54, 1.807) is 43.1 Å². The van der Waals surface area contributed by atoms with Gasteiger partial charge in [0.05, 0.1) is 19.1 Å². The fraction of sp³-hybridized carbons (Fsp3) is 0.350.